The van der Waals surface area contributed by atoms with Crippen LogP contribution in [0.4, 0.5) is 0 Å². The first-order valence-corrected chi connectivity index (χ1v) is 9.57. The van der Waals surface area contributed by atoms with E-state index in [-0.39, 0.29) is 0 Å². The molecule has 0 bridgehead atoms. The number of hydrogen-bond acceptors (Lipinski definition) is 4. The predicted octanol–water partition coefficient (Wildman–Crippen LogP) is 3.94. The Morgan fingerprint density at radius 3 is 2.79 bits per heavy atom. The zero-order chi connectivity index (χ0) is 18.7. The molecule has 5 aromatic heterocycles. The molecule has 0 spiro atoms. The molecule has 1 aliphatic carbocycles. The monoisotopic (exact) mass is 369 g/mol. The number of aromatic amines is 1. The van der Waals surface area contributed by atoms with E-state index in [1.54, 1.807) is 4.68 Å². The van der Waals surface area contributed by atoms with Crippen molar-refractivity contribution in [2.45, 2.75) is 25.2 Å². The number of rotatable bonds is 3. The Morgan fingerprint density at radius 1 is 1.07 bits per heavy atom. The molecule has 6 rings (SSSR count). The first-order chi connectivity index (χ1) is 13.8. The normalized spacial score (nSPS) is 14.8. The highest BCUT2D eigenvalue weighted by Crippen LogP contribution is 2.36. The summed E-state index contributed by atoms with van der Waals surface area (Å²) in [5, 5.41) is 9.82. The fourth-order valence-corrected chi connectivity index (χ4v) is 3.95. The van der Waals surface area contributed by atoms with Gasteiger partial charge in [-0.05, 0) is 30.5 Å². The Kier molecular flexibility index (Phi) is 3.20. The van der Waals surface area contributed by atoms with Gasteiger partial charge in [0.1, 0.15) is 11.5 Å². The Hall–Kier alpha value is -3.48. The van der Waals surface area contributed by atoms with Gasteiger partial charge in [-0.2, -0.15) is 10.2 Å². The van der Waals surface area contributed by atoms with Crippen LogP contribution in [0.2, 0.25) is 0 Å². The summed E-state index contributed by atoms with van der Waals surface area (Å²) >= 11 is 0. The molecule has 1 N–H and O–H groups in total. The molecule has 0 aliphatic heterocycles. The maximum Gasteiger partial charge on any atom is 0.141 e. The van der Waals surface area contributed by atoms with Gasteiger partial charge >= 0.3 is 0 Å². The Balaban J connectivity index is 1.47. The van der Waals surface area contributed by atoms with Crippen LogP contribution in [0.1, 0.15) is 31.0 Å². The second-order valence-electron chi connectivity index (χ2n) is 7.53. The summed E-state index contributed by atoms with van der Waals surface area (Å²) in [7, 11) is 1.92. The van der Waals surface area contributed by atoms with Crippen molar-refractivity contribution in [1.29, 1.82) is 0 Å². The quantitative estimate of drug-likeness (QED) is 0.523. The third-order valence-corrected chi connectivity index (χ3v) is 5.77. The topological polar surface area (TPSA) is 76.7 Å². The molecule has 5 aromatic rings. The summed E-state index contributed by atoms with van der Waals surface area (Å²) < 4.78 is 3.70. The second-order valence-corrected chi connectivity index (χ2v) is 7.53. The summed E-state index contributed by atoms with van der Waals surface area (Å²) in [6.07, 6.45) is 15.4. The first-order valence-electron chi connectivity index (χ1n) is 9.57. The molecular formula is C21H19N7. The van der Waals surface area contributed by atoms with Gasteiger partial charge in [0, 0.05) is 59.8 Å². The van der Waals surface area contributed by atoms with Gasteiger partial charge in [0.15, 0.2) is 0 Å². The molecule has 0 amide bonds. The van der Waals surface area contributed by atoms with E-state index in [9.17, 15) is 0 Å². The highest BCUT2D eigenvalue weighted by atomic mass is 15.2. The molecule has 28 heavy (non-hydrogen) atoms. The second kappa shape index (κ2) is 5.76. The lowest BCUT2D eigenvalue weighted by atomic mass is 9.85. The van der Waals surface area contributed by atoms with Gasteiger partial charge < -0.3 is 4.98 Å². The van der Waals surface area contributed by atoms with Crippen LogP contribution < -0.4 is 0 Å². The van der Waals surface area contributed by atoms with E-state index in [4.69, 9.17) is 4.98 Å². The number of fused-ring (bicyclic) bond motifs is 2. The fourth-order valence-electron chi connectivity index (χ4n) is 3.95. The van der Waals surface area contributed by atoms with Gasteiger partial charge in [-0.25, -0.2) is 14.5 Å². The van der Waals surface area contributed by atoms with Gasteiger partial charge in [0.25, 0.3) is 0 Å². The summed E-state index contributed by atoms with van der Waals surface area (Å²) in [5.74, 6) is 1.50. The fraction of sp³-hybridized carbons (Fsp3) is 0.238. The van der Waals surface area contributed by atoms with Crippen LogP contribution in [-0.4, -0.2) is 34.3 Å². The van der Waals surface area contributed by atoms with Crippen molar-refractivity contribution in [1.82, 2.24) is 34.3 Å². The number of aromatic nitrogens is 7. The number of pyridine rings is 1. The summed E-state index contributed by atoms with van der Waals surface area (Å²) in [4.78, 5) is 12.8. The van der Waals surface area contributed by atoms with Crippen LogP contribution in [-0.2, 0) is 7.05 Å². The van der Waals surface area contributed by atoms with Crippen molar-refractivity contribution in [3.8, 4) is 22.3 Å². The number of H-pyrrole nitrogens is 1. The lowest BCUT2D eigenvalue weighted by Gasteiger charge is -2.23. The molecule has 138 valence electrons. The van der Waals surface area contributed by atoms with Crippen LogP contribution in [0.3, 0.4) is 0 Å². The molecule has 0 unspecified atom stereocenters. The Labute approximate surface area is 161 Å². The number of nitrogens with one attached hydrogen (secondary N) is 1. The zero-order valence-electron chi connectivity index (χ0n) is 15.5. The van der Waals surface area contributed by atoms with Crippen molar-refractivity contribution in [3.63, 3.8) is 0 Å². The largest absolute Gasteiger partial charge is 0.345 e. The molecule has 1 saturated carbocycles. The minimum Gasteiger partial charge on any atom is -0.345 e. The van der Waals surface area contributed by atoms with Crippen LogP contribution in [0, 0.1) is 0 Å². The maximum absolute atomic E-state index is 4.77. The van der Waals surface area contributed by atoms with Crippen molar-refractivity contribution < 1.29 is 0 Å². The number of hydrogen-bond donors (Lipinski definition) is 1. The molecule has 7 heteroatoms. The lowest BCUT2D eigenvalue weighted by Crippen LogP contribution is -2.12. The van der Waals surface area contributed by atoms with Crippen LogP contribution in [0.5, 0.6) is 0 Å². The van der Waals surface area contributed by atoms with Gasteiger partial charge in [-0.15, -0.1) is 0 Å². The van der Waals surface area contributed by atoms with Gasteiger partial charge in [0.05, 0.1) is 17.9 Å². The van der Waals surface area contributed by atoms with Crippen molar-refractivity contribution in [2.24, 2.45) is 7.05 Å². The molecule has 0 atom stereocenters. The molecule has 1 aliphatic rings. The highest BCUT2D eigenvalue weighted by Gasteiger charge is 2.23. The Morgan fingerprint density at radius 2 is 2.00 bits per heavy atom. The van der Waals surface area contributed by atoms with Crippen LogP contribution in [0.15, 0.2) is 49.3 Å². The molecule has 0 saturated heterocycles. The maximum atomic E-state index is 4.77. The minimum atomic E-state index is 0.529. The summed E-state index contributed by atoms with van der Waals surface area (Å²) in [6, 6.07) is 4.24. The van der Waals surface area contributed by atoms with E-state index in [2.05, 4.69) is 32.3 Å². The van der Waals surface area contributed by atoms with E-state index in [0.717, 1.165) is 44.6 Å². The first kappa shape index (κ1) is 15.6. The molecule has 7 nitrogen and oxygen atoms in total. The molecule has 5 heterocycles. The van der Waals surface area contributed by atoms with Crippen molar-refractivity contribution in [3.05, 3.63) is 55.1 Å². The lowest BCUT2D eigenvalue weighted by molar-refractivity contribution is 0.402. The van der Waals surface area contributed by atoms with Crippen LogP contribution in [0.25, 0.3) is 38.8 Å². The smallest absolute Gasteiger partial charge is 0.141 e. The minimum absolute atomic E-state index is 0.529. The predicted molar refractivity (Wildman–Crippen MR) is 107 cm³/mol. The SMILES string of the molecule is Cn1cc(-c2cnn3ccc(-c4c[nH]c5nc(C6CCC6)ncc45)cc23)cn1. The molecule has 1 fully saturated rings. The molecule has 0 aromatic carbocycles. The van der Waals surface area contributed by atoms with Crippen molar-refractivity contribution in [2.75, 3.05) is 0 Å². The van der Waals surface area contributed by atoms with Crippen LogP contribution >= 0.6 is 0 Å². The van der Waals surface area contributed by atoms with Gasteiger partial charge in [-0.1, -0.05) is 6.42 Å². The number of nitrogens with zero attached hydrogens (tertiary/aromatic N) is 6. The standard InChI is InChI=1S/C21H19N7/c1-27-12-15(8-24-27)17-11-25-28-6-5-14(7-19(17)28)16-9-23-21-18(16)10-22-20(26-21)13-3-2-4-13/h5-13H,2-4H2,1H3,(H,22,23,26). The average molecular weight is 369 g/mol. The van der Waals surface area contributed by atoms with Gasteiger partial charge in [-0.3, -0.25) is 4.68 Å². The van der Waals surface area contributed by atoms with Crippen molar-refractivity contribution >= 4 is 16.6 Å². The van der Waals surface area contributed by atoms with E-state index in [0.29, 0.717) is 5.92 Å². The summed E-state index contributed by atoms with van der Waals surface area (Å²) in [6.45, 7) is 0. The van der Waals surface area contributed by atoms with E-state index in [1.807, 2.05) is 48.7 Å². The third-order valence-electron chi connectivity index (χ3n) is 5.77. The van der Waals surface area contributed by atoms with E-state index < -0.39 is 0 Å². The van der Waals surface area contributed by atoms with E-state index >= 15 is 0 Å². The average Bonchev–Trinajstić information content (AvgIpc) is 3.37. The summed E-state index contributed by atoms with van der Waals surface area (Å²) in [5.41, 5.74) is 6.31. The highest BCUT2D eigenvalue weighted by molar-refractivity contribution is 5.94. The van der Waals surface area contributed by atoms with Gasteiger partial charge in [0.2, 0.25) is 0 Å². The number of aryl methyl sites for hydroxylation is 1. The Bertz CT molecular complexity index is 1320. The molecule has 0 radical (unpaired) electrons. The molecular weight excluding hydrogens is 350 g/mol. The zero-order valence-corrected chi connectivity index (χ0v) is 15.5. The third kappa shape index (κ3) is 2.29. The van der Waals surface area contributed by atoms with E-state index in [1.165, 1.54) is 19.3 Å².